The largest absolute Gasteiger partial charge is 0.0694 e. The molecule has 0 spiro atoms. The van der Waals surface area contributed by atoms with Crippen molar-refractivity contribution < 1.29 is 0 Å². The highest BCUT2D eigenvalue weighted by atomic mass is 31.1. The van der Waals surface area contributed by atoms with E-state index < -0.39 is 0 Å². The van der Waals surface area contributed by atoms with Crippen LogP contribution in [-0.4, -0.2) is 17.5 Å². The second-order valence-corrected chi connectivity index (χ2v) is 13.0. The predicted molar refractivity (Wildman–Crippen MR) is 122 cm³/mol. The van der Waals surface area contributed by atoms with E-state index in [1.165, 1.54) is 28.2 Å². The maximum absolute atomic E-state index is 2.40. The van der Waals surface area contributed by atoms with Crippen molar-refractivity contribution in [2.24, 2.45) is 0 Å². The Morgan fingerprint density at radius 3 is 1.31 bits per heavy atom. The Morgan fingerprint density at radius 2 is 0.923 bits per heavy atom. The van der Waals surface area contributed by atoms with Crippen molar-refractivity contribution in [1.82, 2.24) is 0 Å². The second-order valence-electron chi connectivity index (χ2n) is 7.48. The second kappa shape index (κ2) is 8.94. The highest BCUT2D eigenvalue weighted by molar-refractivity contribution is 7.74. The van der Waals surface area contributed by atoms with Gasteiger partial charge in [-0.1, -0.05) is 120 Å². The number of hydrogen-bond acceptors (Lipinski definition) is 0. The van der Waals surface area contributed by atoms with Crippen molar-refractivity contribution in [2.45, 2.75) is 25.9 Å². The molecule has 0 saturated heterocycles. The summed E-state index contributed by atoms with van der Waals surface area (Å²) in [5.41, 5.74) is 0. The smallest absolute Gasteiger partial charge is 0.0139 e. The summed E-state index contributed by atoms with van der Waals surface area (Å²) in [5.74, 6) is 0. The molecule has 0 N–H and O–H groups in total. The zero-order valence-electron chi connectivity index (χ0n) is 16.0. The molecule has 0 nitrogen and oxygen atoms in total. The topological polar surface area (TPSA) is 0 Å². The van der Waals surface area contributed by atoms with E-state index >= 15 is 0 Å². The van der Waals surface area contributed by atoms with Crippen LogP contribution in [-0.2, 0) is 0 Å². The molecule has 134 valence electrons. The summed E-state index contributed by atoms with van der Waals surface area (Å²) in [7, 11) is -0.499. The van der Waals surface area contributed by atoms with Crippen molar-refractivity contribution in [3.63, 3.8) is 0 Å². The molecule has 0 bridgehead atoms. The lowest BCUT2D eigenvalue weighted by atomic mass is 10.3. The van der Waals surface area contributed by atoms with Gasteiger partial charge in [0.15, 0.2) is 0 Å². The maximum Gasteiger partial charge on any atom is -0.0139 e. The van der Waals surface area contributed by atoms with E-state index in [-0.39, 0.29) is 15.8 Å². The van der Waals surface area contributed by atoms with E-state index in [0.717, 1.165) is 0 Å². The molecule has 0 fully saturated rings. The lowest BCUT2D eigenvalue weighted by molar-refractivity contribution is 0.787. The van der Waals surface area contributed by atoms with Crippen LogP contribution in [0.1, 0.15) is 20.8 Å². The first-order valence-electron chi connectivity index (χ1n) is 9.26. The minimum atomic E-state index is -0.305. The molecule has 1 atom stereocenters. The Hall–Kier alpha value is -1.48. The van der Waals surface area contributed by atoms with Crippen LogP contribution in [0, 0.1) is 0 Å². The molecule has 0 heterocycles. The summed E-state index contributed by atoms with van der Waals surface area (Å²) in [6.07, 6.45) is 2.53. The summed E-state index contributed by atoms with van der Waals surface area (Å²) in [4.78, 5) is 0. The van der Waals surface area contributed by atoms with Crippen LogP contribution < -0.4 is 15.9 Å². The summed E-state index contributed by atoms with van der Waals surface area (Å²) in [6, 6.07) is 33.3. The highest BCUT2D eigenvalue weighted by Gasteiger charge is 2.27. The molecule has 2 heteroatoms. The van der Waals surface area contributed by atoms with E-state index in [0.29, 0.717) is 5.16 Å². The number of hydrogen-bond donors (Lipinski definition) is 0. The highest BCUT2D eigenvalue weighted by Crippen LogP contribution is 2.50. The number of benzene rings is 3. The van der Waals surface area contributed by atoms with Crippen LogP contribution in [0.25, 0.3) is 0 Å². The first-order chi connectivity index (χ1) is 12.6. The van der Waals surface area contributed by atoms with Crippen molar-refractivity contribution >= 4 is 31.8 Å². The van der Waals surface area contributed by atoms with Crippen molar-refractivity contribution in [3.05, 3.63) is 91.0 Å². The van der Waals surface area contributed by atoms with Gasteiger partial charge in [0.25, 0.3) is 0 Å². The molecule has 3 aromatic rings. The molecule has 0 aliphatic rings. The van der Waals surface area contributed by atoms with E-state index in [9.17, 15) is 0 Å². The van der Waals surface area contributed by atoms with Crippen LogP contribution in [0.15, 0.2) is 91.0 Å². The quantitative estimate of drug-likeness (QED) is 0.481. The van der Waals surface area contributed by atoms with Gasteiger partial charge < -0.3 is 0 Å². The van der Waals surface area contributed by atoms with Gasteiger partial charge in [0.05, 0.1) is 0 Å². The van der Waals surface area contributed by atoms with Crippen LogP contribution in [0.2, 0.25) is 0 Å². The normalized spacial score (nSPS) is 12.9. The Kier molecular flexibility index (Phi) is 6.63. The fraction of sp³-hybridized carbons (Fsp3) is 0.250. The van der Waals surface area contributed by atoms with Gasteiger partial charge in [-0.05, 0) is 41.3 Å². The summed E-state index contributed by atoms with van der Waals surface area (Å²) < 4.78 is 0. The molecule has 0 aliphatic carbocycles. The van der Waals surface area contributed by atoms with E-state index in [2.05, 4.69) is 112 Å². The van der Waals surface area contributed by atoms with Crippen LogP contribution >= 0.6 is 15.8 Å². The zero-order valence-corrected chi connectivity index (χ0v) is 17.8. The van der Waals surface area contributed by atoms with E-state index in [1.54, 1.807) is 0 Å². The third kappa shape index (κ3) is 5.03. The van der Waals surface area contributed by atoms with Crippen LogP contribution in [0.4, 0.5) is 0 Å². The SMILES string of the molecule is CC(C)(C)P(CCP(c1ccccc1)c1ccccc1)c1ccccc1. The minimum Gasteiger partial charge on any atom is -0.0694 e. The standard InChI is InChI=1S/C24H28P2/c1-24(2,3)26(23-17-11-6-12-18-23)20-19-25(21-13-7-4-8-14-21)22-15-9-5-10-16-22/h4-18H,19-20H2,1-3H3. The van der Waals surface area contributed by atoms with Crippen molar-refractivity contribution in [1.29, 1.82) is 0 Å². The summed E-state index contributed by atoms with van der Waals surface area (Å²) in [5, 5.41) is 4.84. The van der Waals surface area contributed by atoms with Crippen LogP contribution in [0.5, 0.6) is 0 Å². The van der Waals surface area contributed by atoms with Crippen LogP contribution in [0.3, 0.4) is 0 Å². The van der Waals surface area contributed by atoms with Gasteiger partial charge in [-0.25, -0.2) is 0 Å². The Bertz CT molecular complexity index is 737. The predicted octanol–water partition coefficient (Wildman–Crippen LogP) is 5.73. The van der Waals surface area contributed by atoms with Gasteiger partial charge >= 0.3 is 0 Å². The Labute approximate surface area is 161 Å². The average Bonchev–Trinajstić information content (AvgIpc) is 2.66. The molecular formula is C24H28P2. The van der Waals surface area contributed by atoms with Gasteiger partial charge in [0.1, 0.15) is 0 Å². The van der Waals surface area contributed by atoms with Gasteiger partial charge in [0.2, 0.25) is 0 Å². The lowest BCUT2D eigenvalue weighted by Crippen LogP contribution is -2.24. The third-order valence-electron chi connectivity index (χ3n) is 4.56. The van der Waals surface area contributed by atoms with E-state index in [1.807, 2.05) is 0 Å². The van der Waals surface area contributed by atoms with Crippen molar-refractivity contribution in [3.8, 4) is 0 Å². The monoisotopic (exact) mass is 378 g/mol. The first kappa shape index (κ1) is 19.3. The molecule has 0 aliphatic heterocycles. The van der Waals surface area contributed by atoms with E-state index in [4.69, 9.17) is 0 Å². The van der Waals surface area contributed by atoms with Gasteiger partial charge in [-0.3, -0.25) is 0 Å². The summed E-state index contributed by atoms with van der Waals surface area (Å²) in [6.45, 7) is 7.21. The zero-order chi connectivity index (χ0) is 18.4. The molecule has 3 aromatic carbocycles. The fourth-order valence-electron chi connectivity index (χ4n) is 3.28. The maximum atomic E-state index is 2.40. The molecule has 1 unspecified atom stereocenters. The minimum absolute atomic E-state index is 0.194. The third-order valence-corrected chi connectivity index (χ3v) is 10.6. The van der Waals surface area contributed by atoms with Gasteiger partial charge in [-0.2, -0.15) is 0 Å². The molecule has 0 saturated carbocycles. The molecule has 0 radical (unpaired) electrons. The Morgan fingerprint density at radius 1 is 0.538 bits per heavy atom. The van der Waals surface area contributed by atoms with Gasteiger partial charge in [-0.15, -0.1) is 0 Å². The lowest BCUT2D eigenvalue weighted by Gasteiger charge is -2.33. The Balaban J connectivity index is 1.87. The molecular weight excluding hydrogens is 350 g/mol. The molecule has 26 heavy (non-hydrogen) atoms. The summed E-state index contributed by atoms with van der Waals surface area (Å²) >= 11 is 0. The van der Waals surface area contributed by atoms with Gasteiger partial charge in [0, 0.05) is 0 Å². The fourth-order valence-corrected chi connectivity index (χ4v) is 9.00. The van der Waals surface area contributed by atoms with Crippen molar-refractivity contribution in [2.75, 3.05) is 12.3 Å². The average molecular weight is 378 g/mol. The molecule has 0 amide bonds. The number of rotatable bonds is 6. The first-order valence-corrected chi connectivity index (χ1v) is 12.3. The molecule has 3 rings (SSSR count). The molecule has 0 aromatic heterocycles.